The van der Waals surface area contributed by atoms with Crippen molar-refractivity contribution in [3.05, 3.63) is 59.7 Å². The Hall–Kier alpha value is -4.56. The SMILES string of the molecule is CC(C)Oc1ccc(C(=O)OOOC(=O)OCCCOC(=O)OOOC(=O)c2ccc(OC(C)C)cc2)cc1. The largest absolute Gasteiger partial charge is 0.543 e. The minimum absolute atomic E-state index is 0.0272. The molecule has 0 aliphatic heterocycles. The Bertz CT molecular complexity index is 978. The van der Waals surface area contributed by atoms with Gasteiger partial charge in [-0.2, -0.15) is 0 Å². The van der Waals surface area contributed by atoms with Gasteiger partial charge in [-0.05, 0) is 76.2 Å². The minimum Gasteiger partial charge on any atom is -0.491 e. The standard InChI is InChI=1S/C25H28O14/c1-16(2)32-20-10-6-18(7-11-20)22(26)34-38-36-24(28)30-14-5-15-31-25(29)37-39-35-23(27)19-8-12-21(13-9-19)33-17(3)4/h6-13,16-17H,5,14-15H2,1-4H3. The van der Waals surface area contributed by atoms with Crippen LogP contribution in [0.4, 0.5) is 9.59 Å². The van der Waals surface area contributed by atoms with Gasteiger partial charge in [0.05, 0.1) is 46.6 Å². The molecule has 2 aromatic carbocycles. The predicted octanol–water partition coefficient (Wildman–Crippen LogP) is 4.66. The van der Waals surface area contributed by atoms with E-state index in [4.69, 9.17) is 9.47 Å². The molecule has 2 rings (SSSR count). The Morgan fingerprint density at radius 3 is 1.26 bits per heavy atom. The van der Waals surface area contributed by atoms with E-state index in [0.29, 0.717) is 11.5 Å². The Labute approximate surface area is 223 Å². The summed E-state index contributed by atoms with van der Waals surface area (Å²) in [4.78, 5) is 63.4. The highest BCUT2D eigenvalue weighted by Gasteiger charge is 2.14. The van der Waals surface area contributed by atoms with Crippen LogP contribution >= 0.6 is 0 Å². The number of carbonyl (C=O) groups excluding carboxylic acids is 4. The summed E-state index contributed by atoms with van der Waals surface area (Å²) in [5.74, 6) is -0.726. The number of benzene rings is 2. The minimum atomic E-state index is -1.31. The first-order chi connectivity index (χ1) is 18.6. The fourth-order valence-electron chi connectivity index (χ4n) is 2.55. The molecule has 0 fully saturated rings. The second kappa shape index (κ2) is 16.3. The van der Waals surface area contributed by atoms with Crippen LogP contribution in [0.25, 0.3) is 0 Å². The van der Waals surface area contributed by atoms with Gasteiger partial charge in [-0.1, -0.05) is 0 Å². The van der Waals surface area contributed by atoms with Crippen molar-refractivity contribution in [2.75, 3.05) is 13.2 Å². The van der Waals surface area contributed by atoms with Crippen molar-refractivity contribution in [3.8, 4) is 11.5 Å². The molecule has 2 aromatic rings. The van der Waals surface area contributed by atoms with Crippen LogP contribution < -0.4 is 9.47 Å². The first-order valence-corrected chi connectivity index (χ1v) is 11.6. The van der Waals surface area contributed by atoms with Gasteiger partial charge in [-0.15, -0.1) is 0 Å². The monoisotopic (exact) mass is 552 g/mol. The van der Waals surface area contributed by atoms with E-state index >= 15 is 0 Å². The molecule has 0 N–H and O–H groups in total. The lowest BCUT2D eigenvalue weighted by Crippen LogP contribution is -2.15. The van der Waals surface area contributed by atoms with Crippen LogP contribution in [0.1, 0.15) is 54.8 Å². The lowest BCUT2D eigenvalue weighted by Gasteiger charge is -2.09. The molecule has 0 spiro atoms. The molecule has 0 atom stereocenters. The lowest BCUT2D eigenvalue weighted by atomic mass is 10.2. The van der Waals surface area contributed by atoms with E-state index in [0.717, 1.165) is 0 Å². The summed E-state index contributed by atoms with van der Waals surface area (Å²) in [5, 5.41) is 8.19. The summed E-state index contributed by atoms with van der Waals surface area (Å²) in [7, 11) is 0. The highest BCUT2D eigenvalue weighted by Crippen LogP contribution is 2.15. The van der Waals surface area contributed by atoms with Crippen LogP contribution in [0.15, 0.2) is 48.5 Å². The molecule has 0 saturated carbocycles. The molecule has 0 saturated heterocycles. The van der Waals surface area contributed by atoms with E-state index in [1.807, 2.05) is 27.7 Å². The molecular weight excluding hydrogens is 524 g/mol. The molecule has 0 aliphatic carbocycles. The molecule has 212 valence electrons. The summed E-state index contributed by atoms with van der Waals surface area (Å²) >= 11 is 0. The zero-order chi connectivity index (χ0) is 28.6. The number of carbonyl (C=O) groups is 4. The number of ether oxygens (including phenoxy) is 4. The Morgan fingerprint density at radius 1 is 0.564 bits per heavy atom. The first-order valence-electron chi connectivity index (χ1n) is 11.6. The van der Waals surface area contributed by atoms with Crippen LogP contribution in [0.2, 0.25) is 0 Å². The summed E-state index contributed by atoms with van der Waals surface area (Å²) in [6.07, 6.45) is -2.66. The van der Waals surface area contributed by atoms with E-state index in [-0.39, 0.29) is 43.0 Å². The number of hydrogen-bond donors (Lipinski definition) is 0. The van der Waals surface area contributed by atoms with E-state index < -0.39 is 24.2 Å². The quantitative estimate of drug-likeness (QED) is 0.138. The fourth-order valence-corrected chi connectivity index (χ4v) is 2.55. The summed E-state index contributed by atoms with van der Waals surface area (Å²) in [6, 6.07) is 12.0. The molecule has 14 heteroatoms. The van der Waals surface area contributed by atoms with E-state index in [9.17, 15) is 19.2 Å². The Morgan fingerprint density at radius 2 is 0.923 bits per heavy atom. The summed E-state index contributed by atoms with van der Waals surface area (Å²) in [5.41, 5.74) is 0.244. The third-order valence-electron chi connectivity index (χ3n) is 4.08. The predicted molar refractivity (Wildman–Crippen MR) is 127 cm³/mol. The Balaban J connectivity index is 1.50. The van der Waals surface area contributed by atoms with E-state index in [1.54, 1.807) is 24.3 Å². The molecule has 0 aromatic heterocycles. The van der Waals surface area contributed by atoms with Gasteiger partial charge in [0, 0.05) is 6.42 Å². The van der Waals surface area contributed by atoms with Gasteiger partial charge in [-0.25, -0.2) is 29.0 Å². The van der Waals surface area contributed by atoms with E-state index in [2.05, 4.69) is 39.1 Å². The molecule has 0 unspecified atom stereocenters. The molecule has 0 radical (unpaired) electrons. The van der Waals surface area contributed by atoms with Crippen LogP contribution in [0.5, 0.6) is 11.5 Å². The van der Waals surface area contributed by atoms with Gasteiger partial charge in [0.1, 0.15) is 11.5 Å². The highest BCUT2D eigenvalue weighted by molar-refractivity contribution is 5.89. The van der Waals surface area contributed by atoms with Gasteiger partial charge < -0.3 is 18.9 Å². The van der Waals surface area contributed by atoms with Crippen molar-refractivity contribution < 1.29 is 67.8 Å². The van der Waals surface area contributed by atoms with Gasteiger partial charge in [0.2, 0.25) is 0 Å². The maximum Gasteiger partial charge on any atom is 0.543 e. The fraction of sp³-hybridized carbons (Fsp3) is 0.360. The van der Waals surface area contributed by atoms with Crippen molar-refractivity contribution in [2.45, 2.75) is 46.3 Å². The average molecular weight is 552 g/mol. The third-order valence-corrected chi connectivity index (χ3v) is 4.08. The summed E-state index contributed by atoms with van der Waals surface area (Å²) in [6.45, 7) is 6.92. The molecular formula is C25H28O14. The molecule has 0 heterocycles. The molecule has 14 nitrogen and oxygen atoms in total. The normalized spacial score (nSPS) is 10.4. The van der Waals surface area contributed by atoms with Gasteiger partial charge in [0.15, 0.2) is 0 Å². The van der Waals surface area contributed by atoms with Crippen LogP contribution in [0.3, 0.4) is 0 Å². The molecule has 0 bridgehead atoms. The molecule has 0 amide bonds. The number of rotatable bonds is 14. The van der Waals surface area contributed by atoms with Crippen molar-refractivity contribution in [1.29, 1.82) is 0 Å². The van der Waals surface area contributed by atoms with Crippen LogP contribution in [-0.2, 0) is 39.1 Å². The van der Waals surface area contributed by atoms with Gasteiger partial charge >= 0.3 is 24.2 Å². The zero-order valence-corrected chi connectivity index (χ0v) is 21.6. The van der Waals surface area contributed by atoms with E-state index in [1.165, 1.54) is 24.3 Å². The third kappa shape index (κ3) is 12.5. The van der Waals surface area contributed by atoms with Crippen molar-refractivity contribution >= 4 is 24.2 Å². The van der Waals surface area contributed by atoms with Gasteiger partial charge in [-0.3, -0.25) is 9.78 Å². The highest BCUT2D eigenvalue weighted by atomic mass is 17.5. The maximum absolute atomic E-state index is 11.8. The smallest absolute Gasteiger partial charge is 0.491 e. The van der Waals surface area contributed by atoms with Gasteiger partial charge in [0.25, 0.3) is 0 Å². The zero-order valence-electron chi connectivity index (χ0n) is 21.6. The average Bonchev–Trinajstić information content (AvgIpc) is 2.88. The maximum atomic E-state index is 11.8. The van der Waals surface area contributed by atoms with Crippen LogP contribution in [-0.4, -0.2) is 49.7 Å². The first kappa shape index (κ1) is 30.7. The second-order valence-electron chi connectivity index (χ2n) is 7.98. The van der Waals surface area contributed by atoms with Crippen molar-refractivity contribution in [3.63, 3.8) is 0 Å². The summed E-state index contributed by atoms with van der Waals surface area (Å²) < 4.78 is 20.1. The van der Waals surface area contributed by atoms with Crippen molar-refractivity contribution in [2.24, 2.45) is 0 Å². The Kier molecular flexibility index (Phi) is 12.8. The molecule has 39 heavy (non-hydrogen) atoms. The topological polar surface area (TPSA) is 161 Å². The lowest BCUT2D eigenvalue weighted by molar-refractivity contribution is -0.452. The van der Waals surface area contributed by atoms with Crippen LogP contribution in [0, 0.1) is 0 Å². The van der Waals surface area contributed by atoms with Crippen molar-refractivity contribution in [1.82, 2.24) is 0 Å². The number of hydrogen-bond acceptors (Lipinski definition) is 14. The second-order valence-corrected chi connectivity index (χ2v) is 7.98. The molecule has 0 aliphatic rings.